The maximum Gasteiger partial charge on any atom is 0.251 e. The number of carbonyl (C=O) groups excluding carboxylic acids is 1. The number of amides is 1. The molecule has 1 unspecified atom stereocenters. The molecule has 150 valence electrons. The van der Waals surface area contributed by atoms with Crippen molar-refractivity contribution in [1.82, 2.24) is 14.9 Å². The molecule has 1 atom stereocenters. The summed E-state index contributed by atoms with van der Waals surface area (Å²) in [6.45, 7) is 4.10. The number of rotatable bonds is 3. The lowest BCUT2D eigenvalue weighted by Crippen LogP contribution is -2.26. The van der Waals surface area contributed by atoms with E-state index in [0.717, 1.165) is 46.9 Å². The highest BCUT2D eigenvalue weighted by atomic mass is 16.6. The Morgan fingerprint density at radius 2 is 1.93 bits per heavy atom. The average molecular weight is 391 g/mol. The number of hydrogen-bond acceptors (Lipinski definition) is 4. The summed E-state index contributed by atoms with van der Waals surface area (Å²) in [5.74, 6) is 2.52. The number of imidazole rings is 1. The maximum absolute atomic E-state index is 12.9. The molecule has 1 amide bonds. The van der Waals surface area contributed by atoms with Crippen LogP contribution in [0.5, 0.6) is 11.5 Å². The molecule has 0 saturated heterocycles. The molecule has 5 rings (SSSR count). The van der Waals surface area contributed by atoms with Gasteiger partial charge in [-0.1, -0.05) is 12.5 Å². The molecule has 1 aromatic heterocycles. The Balaban J connectivity index is 1.35. The molecule has 2 aromatic carbocycles. The second-order valence-corrected chi connectivity index (χ2v) is 7.79. The second kappa shape index (κ2) is 7.43. The van der Waals surface area contributed by atoms with Crippen LogP contribution >= 0.6 is 0 Å². The summed E-state index contributed by atoms with van der Waals surface area (Å²) in [6.07, 6.45) is 4.64. The molecule has 0 radical (unpaired) electrons. The number of aryl methyl sites for hydroxylation is 2. The Morgan fingerprint density at radius 1 is 1.07 bits per heavy atom. The highest BCUT2D eigenvalue weighted by Crippen LogP contribution is 2.32. The van der Waals surface area contributed by atoms with Crippen LogP contribution in [-0.2, 0) is 13.0 Å². The van der Waals surface area contributed by atoms with Crippen LogP contribution in [0.1, 0.15) is 54.0 Å². The van der Waals surface area contributed by atoms with Gasteiger partial charge in [0.05, 0.1) is 17.1 Å². The third-order valence-corrected chi connectivity index (χ3v) is 5.79. The Morgan fingerprint density at radius 3 is 2.83 bits per heavy atom. The van der Waals surface area contributed by atoms with Crippen molar-refractivity contribution in [2.45, 2.75) is 45.2 Å². The number of benzene rings is 2. The van der Waals surface area contributed by atoms with Gasteiger partial charge >= 0.3 is 0 Å². The molecule has 0 spiro atoms. The number of ether oxygens (including phenoxy) is 2. The van der Waals surface area contributed by atoms with Crippen LogP contribution in [0.3, 0.4) is 0 Å². The number of nitrogens with zero attached hydrogens (tertiary/aromatic N) is 2. The SMILES string of the molecule is CC(NC(=O)c1ccc2c(c1)nc1n2CCCCC1)c1ccc2c(c1)OCCO2. The minimum Gasteiger partial charge on any atom is -0.486 e. The normalized spacial score (nSPS) is 16.7. The molecule has 6 nitrogen and oxygen atoms in total. The van der Waals surface area contributed by atoms with Crippen LogP contribution in [0, 0.1) is 0 Å². The van der Waals surface area contributed by atoms with Crippen molar-refractivity contribution in [2.75, 3.05) is 13.2 Å². The molecule has 0 aliphatic carbocycles. The van der Waals surface area contributed by atoms with E-state index in [-0.39, 0.29) is 11.9 Å². The van der Waals surface area contributed by atoms with Crippen molar-refractivity contribution in [1.29, 1.82) is 0 Å². The summed E-state index contributed by atoms with van der Waals surface area (Å²) in [7, 11) is 0. The number of hydrogen-bond donors (Lipinski definition) is 1. The topological polar surface area (TPSA) is 65.4 Å². The minimum atomic E-state index is -0.146. The quantitative estimate of drug-likeness (QED) is 0.732. The van der Waals surface area contributed by atoms with E-state index < -0.39 is 0 Å². The van der Waals surface area contributed by atoms with E-state index in [1.807, 2.05) is 43.3 Å². The van der Waals surface area contributed by atoms with Gasteiger partial charge in [-0.25, -0.2) is 4.98 Å². The van der Waals surface area contributed by atoms with Gasteiger partial charge in [0.15, 0.2) is 11.5 Å². The van der Waals surface area contributed by atoms with Crippen LogP contribution in [0.2, 0.25) is 0 Å². The number of fused-ring (bicyclic) bond motifs is 4. The minimum absolute atomic E-state index is 0.0996. The smallest absolute Gasteiger partial charge is 0.251 e. The van der Waals surface area contributed by atoms with Gasteiger partial charge in [-0.15, -0.1) is 0 Å². The Kier molecular flexibility index (Phi) is 4.62. The van der Waals surface area contributed by atoms with Crippen LogP contribution < -0.4 is 14.8 Å². The molecular weight excluding hydrogens is 366 g/mol. The third-order valence-electron chi connectivity index (χ3n) is 5.79. The van der Waals surface area contributed by atoms with Crippen molar-refractivity contribution < 1.29 is 14.3 Å². The highest BCUT2D eigenvalue weighted by Gasteiger charge is 2.18. The zero-order valence-corrected chi connectivity index (χ0v) is 16.6. The van der Waals surface area contributed by atoms with Gasteiger partial charge in [0, 0.05) is 18.5 Å². The first kappa shape index (κ1) is 18.0. The van der Waals surface area contributed by atoms with Crippen LogP contribution in [0.15, 0.2) is 36.4 Å². The molecule has 0 saturated carbocycles. The van der Waals surface area contributed by atoms with Crippen molar-refractivity contribution in [2.24, 2.45) is 0 Å². The fraction of sp³-hybridized carbons (Fsp3) is 0.391. The van der Waals surface area contributed by atoms with E-state index in [1.165, 1.54) is 19.3 Å². The lowest BCUT2D eigenvalue weighted by molar-refractivity contribution is 0.0940. The molecule has 1 N–H and O–H groups in total. The van der Waals surface area contributed by atoms with Crippen LogP contribution in [-0.4, -0.2) is 28.7 Å². The summed E-state index contributed by atoms with van der Waals surface area (Å²) in [5, 5.41) is 3.09. The lowest BCUT2D eigenvalue weighted by atomic mass is 10.1. The summed E-state index contributed by atoms with van der Waals surface area (Å²) < 4.78 is 13.5. The predicted octanol–water partition coefficient (Wildman–Crippen LogP) is 4.02. The molecule has 0 fully saturated rings. The maximum atomic E-state index is 12.9. The van der Waals surface area contributed by atoms with Crippen molar-refractivity contribution >= 4 is 16.9 Å². The molecule has 2 aliphatic heterocycles. The van der Waals surface area contributed by atoms with Crippen LogP contribution in [0.4, 0.5) is 0 Å². The summed E-state index contributed by atoms with van der Waals surface area (Å²) in [5.41, 5.74) is 3.65. The monoisotopic (exact) mass is 391 g/mol. The molecule has 2 aliphatic rings. The molecule has 3 heterocycles. The summed E-state index contributed by atoms with van der Waals surface area (Å²) in [6, 6.07) is 11.5. The van der Waals surface area contributed by atoms with Gasteiger partial charge in [0.1, 0.15) is 19.0 Å². The van der Waals surface area contributed by atoms with Crippen molar-refractivity contribution in [3.63, 3.8) is 0 Å². The standard InChI is InChI=1S/C23H25N3O3/c1-15(16-7-9-20-21(14-16)29-12-11-28-20)24-23(27)17-6-8-19-18(13-17)25-22-5-3-2-4-10-26(19)22/h6-9,13-15H,2-5,10-12H2,1H3,(H,24,27). The molecule has 6 heteroatoms. The van der Waals surface area contributed by atoms with Crippen molar-refractivity contribution in [3.05, 3.63) is 53.3 Å². The fourth-order valence-corrected chi connectivity index (χ4v) is 4.18. The van der Waals surface area contributed by atoms with Gasteiger partial charge in [-0.3, -0.25) is 4.79 Å². The Bertz CT molecular complexity index is 1070. The third kappa shape index (κ3) is 3.43. The van der Waals surface area contributed by atoms with E-state index in [4.69, 9.17) is 14.5 Å². The van der Waals surface area contributed by atoms with Gasteiger partial charge < -0.3 is 19.4 Å². The first-order chi connectivity index (χ1) is 14.2. The Hall–Kier alpha value is -3.02. The zero-order valence-electron chi connectivity index (χ0n) is 16.6. The predicted molar refractivity (Wildman–Crippen MR) is 111 cm³/mol. The lowest BCUT2D eigenvalue weighted by Gasteiger charge is -2.21. The van der Waals surface area contributed by atoms with Gasteiger partial charge in [-0.05, 0) is 55.7 Å². The first-order valence-electron chi connectivity index (χ1n) is 10.4. The highest BCUT2D eigenvalue weighted by molar-refractivity contribution is 5.97. The fourth-order valence-electron chi connectivity index (χ4n) is 4.18. The zero-order chi connectivity index (χ0) is 19.8. The largest absolute Gasteiger partial charge is 0.486 e. The van der Waals surface area contributed by atoms with E-state index >= 15 is 0 Å². The average Bonchev–Trinajstić information content (AvgIpc) is 2.93. The van der Waals surface area contributed by atoms with E-state index in [0.29, 0.717) is 18.8 Å². The molecule has 0 bridgehead atoms. The van der Waals surface area contributed by atoms with E-state index in [9.17, 15) is 4.79 Å². The number of nitrogens with one attached hydrogen (secondary N) is 1. The molecule has 29 heavy (non-hydrogen) atoms. The van der Waals surface area contributed by atoms with Gasteiger partial charge in [0.25, 0.3) is 5.91 Å². The first-order valence-corrected chi connectivity index (χ1v) is 10.4. The van der Waals surface area contributed by atoms with E-state index in [2.05, 4.69) is 9.88 Å². The van der Waals surface area contributed by atoms with Crippen LogP contribution in [0.25, 0.3) is 11.0 Å². The van der Waals surface area contributed by atoms with Gasteiger partial charge in [-0.2, -0.15) is 0 Å². The van der Waals surface area contributed by atoms with Gasteiger partial charge in [0.2, 0.25) is 0 Å². The van der Waals surface area contributed by atoms with E-state index in [1.54, 1.807) is 0 Å². The second-order valence-electron chi connectivity index (χ2n) is 7.79. The Labute approximate surface area is 169 Å². The summed E-state index contributed by atoms with van der Waals surface area (Å²) >= 11 is 0. The molecule has 3 aromatic rings. The number of carbonyl (C=O) groups is 1. The number of aromatic nitrogens is 2. The van der Waals surface area contributed by atoms with Crippen molar-refractivity contribution in [3.8, 4) is 11.5 Å². The summed E-state index contributed by atoms with van der Waals surface area (Å²) in [4.78, 5) is 17.7. The molecular formula is C23H25N3O3.